The molecule has 0 fully saturated rings. The highest BCUT2D eigenvalue weighted by Gasteiger charge is 2.27. The van der Waals surface area contributed by atoms with E-state index in [-0.39, 0.29) is 5.56 Å². The maximum atomic E-state index is 12.7. The van der Waals surface area contributed by atoms with Gasteiger partial charge in [-0.25, -0.2) is 4.79 Å². The van der Waals surface area contributed by atoms with E-state index in [0.29, 0.717) is 11.5 Å². The highest BCUT2D eigenvalue weighted by atomic mass is 79.9. The number of hydrogen-bond acceptors (Lipinski definition) is 3. The molecule has 0 bridgehead atoms. The number of ether oxygens (including phenoxy) is 1. The molecule has 0 aromatic heterocycles. The van der Waals surface area contributed by atoms with Crippen LogP contribution < -0.4 is 4.74 Å². The van der Waals surface area contributed by atoms with Crippen molar-refractivity contribution in [1.29, 1.82) is 0 Å². The summed E-state index contributed by atoms with van der Waals surface area (Å²) in [5.41, 5.74) is 2.96. The number of rotatable bonds is 9. The van der Waals surface area contributed by atoms with E-state index >= 15 is 0 Å². The first-order valence-corrected chi connectivity index (χ1v) is 11.7. The van der Waals surface area contributed by atoms with Crippen LogP contribution in [-0.2, 0) is 11.2 Å². The van der Waals surface area contributed by atoms with Gasteiger partial charge >= 0.3 is 12.1 Å². The Bertz CT molecular complexity index is 1110. The summed E-state index contributed by atoms with van der Waals surface area (Å²) in [6.07, 6.45) is -3.15. The summed E-state index contributed by atoms with van der Waals surface area (Å²) in [7, 11) is 0. The van der Waals surface area contributed by atoms with Gasteiger partial charge in [0.05, 0.1) is 6.42 Å². The molecule has 0 radical (unpaired) electrons. The summed E-state index contributed by atoms with van der Waals surface area (Å²) in [6, 6.07) is 21.4. The van der Waals surface area contributed by atoms with E-state index in [1.54, 1.807) is 36.0 Å². The summed E-state index contributed by atoms with van der Waals surface area (Å²) in [6.45, 7) is -0.413. The van der Waals surface area contributed by atoms with Crippen molar-refractivity contribution in [1.82, 2.24) is 0 Å². The van der Waals surface area contributed by atoms with Gasteiger partial charge in [0.1, 0.15) is 5.75 Å². The fourth-order valence-corrected chi connectivity index (χ4v) is 4.59. The van der Waals surface area contributed by atoms with Crippen molar-refractivity contribution >= 4 is 39.2 Å². The van der Waals surface area contributed by atoms with E-state index < -0.39 is 25.2 Å². The van der Waals surface area contributed by atoms with E-state index in [1.165, 1.54) is 12.1 Å². The van der Waals surface area contributed by atoms with Crippen LogP contribution in [0.15, 0.2) is 88.2 Å². The van der Waals surface area contributed by atoms with Gasteiger partial charge in [-0.3, -0.25) is 0 Å². The average molecular weight is 537 g/mol. The Morgan fingerprint density at radius 3 is 2.27 bits per heavy atom. The number of carbonyl (C=O) groups is 1. The van der Waals surface area contributed by atoms with Gasteiger partial charge in [0.25, 0.3) is 0 Å². The number of thioether (sulfide) groups is 1. The molecule has 0 aliphatic carbocycles. The second-order valence-corrected chi connectivity index (χ2v) is 8.97. The van der Waals surface area contributed by atoms with E-state index in [4.69, 9.17) is 9.84 Å². The Balaban J connectivity index is 1.77. The van der Waals surface area contributed by atoms with Crippen LogP contribution in [0.2, 0.25) is 0 Å². The molecule has 0 saturated heterocycles. The molecule has 1 N–H and O–H groups in total. The molecule has 3 aromatic carbocycles. The summed E-state index contributed by atoms with van der Waals surface area (Å²) >= 11 is 5.05. The molecule has 8 heteroatoms. The van der Waals surface area contributed by atoms with Crippen molar-refractivity contribution in [3.63, 3.8) is 0 Å². The monoisotopic (exact) mass is 536 g/mol. The molecule has 0 aliphatic rings. The van der Waals surface area contributed by atoms with Crippen LogP contribution >= 0.6 is 27.7 Å². The Morgan fingerprint density at radius 2 is 1.67 bits per heavy atom. The van der Waals surface area contributed by atoms with Gasteiger partial charge < -0.3 is 9.84 Å². The number of halogens is 4. The first-order chi connectivity index (χ1) is 15.7. The molecule has 172 valence electrons. The fourth-order valence-electron chi connectivity index (χ4n) is 3.10. The molecule has 3 rings (SSSR count). The van der Waals surface area contributed by atoms with Gasteiger partial charge in [0.2, 0.25) is 0 Å². The first-order valence-electron chi connectivity index (χ1n) is 9.90. The topological polar surface area (TPSA) is 46.5 Å². The van der Waals surface area contributed by atoms with Crippen molar-refractivity contribution in [2.45, 2.75) is 17.5 Å². The molecule has 3 aromatic rings. The van der Waals surface area contributed by atoms with Crippen LogP contribution in [0.5, 0.6) is 5.75 Å². The molecule has 3 nitrogen and oxygen atoms in total. The minimum Gasteiger partial charge on any atom is -0.482 e. The average Bonchev–Trinajstić information content (AvgIpc) is 2.77. The lowest BCUT2D eigenvalue weighted by Gasteiger charge is -2.12. The Labute approximate surface area is 202 Å². The number of carboxylic acids is 1. The smallest absolute Gasteiger partial charge is 0.393 e. The molecule has 0 unspecified atom stereocenters. The van der Waals surface area contributed by atoms with Crippen LogP contribution in [0.25, 0.3) is 5.57 Å². The standard InChI is InChI=1S/C25H20BrF3O3S/c26-22-14-20(32-16-24(30)31)10-11-23(22)33-13-12-21(18-4-2-1-3-5-18)19-8-6-17(7-9-19)15-25(27,28)29/h1-12,14H,13,15-16H2,(H,30,31). The Hall–Kier alpha value is -2.71. The molecule has 0 aliphatic heterocycles. The van der Waals surface area contributed by atoms with E-state index in [1.807, 2.05) is 42.5 Å². The molecule has 0 spiro atoms. The minimum absolute atomic E-state index is 0.224. The number of carboxylic acid groups (broad SMARTS) is 1. The zero-order valence-electron chi connectivity index (χ0n) is 17.3. The third-order valence-corrected chi connectivity index (χ3v) is 6.47. The van der Waals surface area contributed by atoms with Crippen LogP contribution in [0.4, 0.5) is 13.2 Å². The van der Waals surface area contributed by atoms with Gasteiger partial charge in [0, 0.05) is 15.1 Å². The largest absolute Gasteiger partial charge is 0.482 e. The van der Waals surface area contributed by atoms with E-state index in [9.17, 15) is 18.0 Å². The first kappa shape index (κ1) is 24.9. The molecular formula is C25H20BrF3O3S. The van der Waals surface area contributed by atoms with Gasteiger partial charge in [-0.1, -0.05) is 60.7 Å². The molecule has 0 amide bonds. The molecule has 0 heterocycles. The van der Waals surface area contributed by atoms with Crippen molar-refractivity contribution in [2.75, 3.05) is 12.4 Å². The maximum Gasteiger partial charge on any atom is 0.393 e. The van der Waals surface area contributed by atoms with Gasteiger partial charge in [-0.05, 0) is 56.4 Å². The van der Waals surface area contributed by atoms with Gasteiger partial charge in [0.15, 0.2) is 6.61 Å². The van der Waals surface area contributed by atoms with Crippen molar-refractivity contribution in [3.8, 4) is 5.75 Å². The fraction of sp³-hybridized carbons (Fsp3) is 0.160. The Kier molecular flexibility index (Phi) is 8.63. The number of benzene rings is 3. The van der Waals surface area contributed by atoms with Crippen LogP contribution in [0.3, 0.4) is 0 Å². The predicted molar refractivity (Wildman–Crippen MR) is 128 cm³/mol. The highest BCUT2D eigenvalue weighted by Crippen LogP contribution is 2.33. The lowest BCUT2D eigenvalue weighted by Crippen LogP contribution is -2.11. The molecular weight excluding hydrogens is 517 g/mol. The normalized spacial score (nSPS) is 11.9. The second-order valence-electron chi connectivity index (χ2n) is 7.06. The van der Waals surface area contributed by atoms with Crippen molar-refractivity contribution in [3.05, 3.63) is 100 Å². The SMILES string of the molecule is O=C(O)COc1ccc(SCC=C(c2ccccc2)c2ccc(CC(F)(F)F)cc2)c(Br)c1. The summed E-state index contributed by atoms with van der Waals surface area (Å²) in [5.74, 6) is 0.0188. The quantitative estimate of drug-likeness (QED) is 0.293. The summed E-state index contributed by atoms with van der Waals surface area (Å²) in [4.78, 5) is 11.6. The number of aliphatic carboxylic acids is 1. The zero-order valence-corrected chi connectivity index (χ0v) is 19.7. The van der Waals surface area contributed by atoms with Crippen molar-refractivity contribution in [2.24, 2.45) is 0 Å². The van der Waals surface area contributed by atoms with Crippen LogP contribution in [-0.4, -0.2) is 29.6 Å². The molecule has 0 atom stereocenters. The molecule has 0 saturated carbocycles. The zero-order chi connectivity index (χ0) is 23.8. The van der Waals surface area contributed by atoms with Gasteiger partial charge in [-0.15, -0.1) is 11.8 Å². The third-order valence-electron chi connectivity index (χ3n) is 4.55. The summed E-state index contributed by atoms with van der Waals surface area (Å²) in [5, 5.41) is 8.72. The van der Waals surface area contributed by atoms with Crippen LogP contribution in [0, 0.1) is 0 Å². The third kappa shape index (κ3) is 7.98. The Morgan fingerprint density at radius 1 is 1.00 bits per heavy atom. The maximum absolute atomic E-state index is 12.7. The van der Waals surface area contributed by atoms with Crippen LogP contribution in [0.1, 0.15) is 16.7 Å². The second kappa shape index (κ2) is 11.4. The van der Waals surface area contributed by atoms with E-state index in [2.05, 4.69) is 15.9 Å². The molecule has 33 heavy (non-hydrogen) atoms. The highest BCUT2D eigenvalue weighted by molar-refractivity contribution is 9.10. The van der Waals surface area contributed by atoms with Gasteiger partial charge in [-0.2, -0.15) is 13.2 Å². The number of alkyl halides is 3. The summed E-state index contributed by atoms with van der Waals surface area (Å²) < 4.78 is 44.0. The lowest BCUT2D eigenvalue weighted by atomic mass is 9.96. The lowest BCUT2D eigenvalue weighted by molar-refractivity contribution is -0.139. The number of hydrogen-bond donors (Lipinski definition) is 1. The minimum atomic E-state index is -4.24. The van der Waals surface area contributed by atoms with Crippen molar-refractivity contribution < 1.29 is 27.8 Å². The van der Waals surface area contributed by atoms with E-state index in [0.717, 1.165) is 26.1 Å². The predicted octanol–water partition coefficient (Wildman–Crippen LogP) is 7.24.